The topological polar surface area (TPSA) is 89.7 Å². The number of rotatable bonds is 1. The van der Waals surface area contributed by atoms with E-state index < -0.39 is 15.8 Å². The van der Waals surface area contributed by atoms with Gasteiger partial charge in [-0.1, -0.05) is 11.6 Å². The number of ether oxygens (including phenoxy) is 1. The number of Topliss-reactive ketones (excluding diaryl/α,β-unsaturated/α-hetero) is 1. The van der Waals surface area contributed by atoms with E-state index in [0.29, 0.717) is 29.2 Å². The Balaban J connectivity index is 1.84. The van der Waals surface area contributed by atoms with Crippen molar-refractivity contribution < 1.29 is 17.9 Å². The number of hydrogen-bond acceptors (Lipinski definition) is 4. The number of piperidine rings is 1. The Labute approximate surface area is 128 Å². The van der Waals surface area contributed by atoms with Crippen molar-refractivity contribution in [3.63, 3.8) is 0 Å². The second-order valence-corrected chi connectivity index (χ2v) is 7.45. The van der Waals surface area contributed by atoms with Crippen molar-refractivity contribution in [2.24, 2.45) is 5.14 Å². The highest BCUT2D eigenvalue weighted by molar-refractivity contribution is 7.86. The summed E-state index contributed by atoms with van der Waals surface area (Å²) in [5.74, 6) is 0.488. The van der Waals surface area contributed by atoms with Crippen LogP contribution in [-0.4, -0.2) is 37.2 Å². The van der Waals surface area contributed by atoms with Gasteiger partial charge in [-0.25, -0.2) is 5.14 Å². The fraction of sp³-hybridized carbons (Fsp3) is 0.462. The minimum absolute atomic E-state index is 0.0252. The molecule has 2 aliphatic heterocycles. The van der Waals surface area contributed by atoms with E-state index in [1.54, 1.807) is 18.2 Å². The summed E-state index contributed by atoms with van der Waals surface area (Å²) in [7, 11) is -3.69. The Kier molecular flexibility index (Phi) is 3.48. The molecule has 0 atom stereocenters. The molecule has 1 saturated heterocycles. The molecule has 0 radical (unpaired) electrons. The minimum atomic E-state index is -3.69. The lowest BCUT2D eigenvalue weighted by Gasteiger charge is -2.43. The van der Waals surface area contributed by atoms with Gasteiger partial charge in [-0.3, -0.25) is 4.79 Å². The van der Waals surface area contributed by atoms with Crippen LogP contribution in [0, 0.1) is 0 Å². The zero-order valence-corrected chi connectivity index (χ0v) is 12.8. The number of hydrogen-bond donors (Lipinski definition) is 1. The second kappa shape index (κ2) is 4.95. The van der Waals surface area contributed by atoms with E-state index in [9.17, 15) is 13.2 Å². The molecule has 8 heteroatoms. The summed E-state index contributed by atoms with van der Waals surface area (Å²) >= 11 is 5.89. The standard InChI is InChI=1S/C13H15ClN2O4S/c14-9-1-2-12-10(7-9)11(17)8-13(20-12)3-5-16(6-4-13)21(15,18)19/h1-2,7H,3-6,8H2,(H2,15,18,19). The van der Waals surface area contributed by atoms with Crippen LogP contribution in [0.2, 0.25) is 5.02 Å². The highest BCUT2D eigenvalue weighted by atomic mass is 35.5. The van der Waals surface area contributed by atoms with Crippen molar-refractivity contribution in [2.75, 3.05) is 13.1 Å². The van der Waals surface area contributed by atoms with Gasteiger partial charge in [0.15, 0.2) is 5.78 Å². The molecule has 2 aliphatic rings. The number of nitrogens with zero attached hydrogens (tertiary/aromatic N) is 1. The molecule has 0 unspecified atom stereocenters. The lowest BCUT2D eigenvalue weighted by molar-refractivity contribution is 0.00593. The van der Waals surface area contributed by atoms with Crippen LogP contribution in [0.3, 0.4) is 0 Å². The van der Waals surface area contributed by atoms with Crippen LogP contribution >= 0.6 is 11.6 Å². The summed E-state index contributed by atoms with van der Waals surface area (Å²) in [4.78, 5) is 12.3. The Morgan fingerprint density at radius 3 is 2.57 bits per heavy atom. The molecule has 21 heavy (non-hydrogen) atoms. The van der Waals surface area contributed by atoms with Crippen LogP contribution in [0.4, 0.5) is 0 Å². The summed E-state index contributed by atoms with van der Waals surface area (Å²) in [6.07, 6.45) is 1.12. The zero-order chi connectivity index (χ0) is 15.3. The van der Waals surface area contributed by atoms with Gasteiger partial charge in [0.1, 0.15) is 11.4 Å². The van der Waals surface area contributed by atoms with Crippen LogP contribution < -0.4 is 9.88 Å². The lowest BCUT2D eigenvalue weighted by Crippen LogP contribution is -2.53. The van der Waals surface area contributed by atoms with Gasteiger partial charge < -0.3 is 4.74 Å². The highest BCUT2D eigenvalue weighted by Crippen LogP contribution is 2.40. The summed E-state index contributed by atoms with van der Waals surface area (Å²) in [6.45, 7) is 0.518. The number of halogens is 1. The van der Waals surface area contributed by atoms with Crippen LogP contribution in [0.15, 0.2) is 18.2 Å². The van der Waals surface area contributed by atoms with Gasteiger partial charge in [-0.05, 0) is 18.2 Å². The van der Waals surface area contributed by atoms with Crippen molar-refractivity contribution in [3.05, 3.63) is 28.8 Å². The first-order valence-electron chi connectivity index (χ1n) is 6.59. The molecule has 0 amide bonds. The van der Waals surface area contributed by atoms with E-state index in [1.807, 2.05) is 0 Å². The second-order valence-electron chi connectivity index (χ2n) is 5.47. The van der Waals surface area contributed by atoms with Crippen molar-refractivity contribution in [1.29, 1.82) is 0 Å². The summed E-state index contributed by atoms with van der Waals surface area (Å²) in [6, 6.07) is 4.96. The van der Waals surface area contributed by atoms with E-state index in [1.165, 1.54) is 4.31 Å². The third-order valence-corrected chi connectivity index (χ3v) is 5.36. The largest absolute Gasteiger partial charge is 0.486 e. The van der Waals surface area contributed by atoms with Gasteiger partial charge in [-0.2, -0.15) is 12.7 Å². The Hall–Kier alpha value is -1.15. The van der Waals surface area contributed by atoms with Gasteiger partial charge in [-0.15, -0.1) is 0 Å². The molecule has 3 rings (SSSR count). The van der Waals surface area contributed by atoms with Crippen LogP contribution in [0.5, 0.6) is 5.75 Å². The fourth-order valence-electron chi connectivity index (χ4n) is 2.89. The van der Waals surface area contributed by atoms with Gasteiger partial charge in [0.2, 0.25) is 0 Å². The number of carbonyl (C=O) groups is 1. The van der Waals surface area contributed by atoms with Crippen LogP contribution in [0.25, 0.3) is 0 Å². The molecule has 1 aromatic carbocycles. The van der Waals surface area contributed by atoms with Gasteiger partial charge >= 0.3 is 0 Å². The smallest absolute Gasteiger partial charge is 0.276 e. The quantitative estimate of drug-likeness (QED) is 0.841. The van der Waals surface area contributed by atoms with Crippen molar-refractivity contribution >= 4 is 27.6 Å². The van der Waals surface area contributed by atoms with E-state index in [-0.39, 0.29) is 25.3 Å². The molecule has 2 heterocycles. The Morgan fingerprint density at radius 1 is 1.29 bits per heavy atom. The van der Waals surface area contributed by atoms with E-state index in [2.05, 4.69) is 0 Å². The van der Waals surface area contributed by atoms with Crippen molar-refractivity contribution in [1.82, 2.24) is 4.31 Å². The normalized spacial score (nSPS) is 21.9. The maximum atomic E-state index is 12.3. The average Bonchev–Trinajstić information content (AvgIpc) is 2.39. The SMILES string of the molecule is NS(=O)(=O)N1CCC2(CC1)CC(=O)c1cc(Cl)ccc1O2. The Bertz CT molecular complexity index is 696. The van der Waals surface area contributed by atoms with E-state index >= 15 is 0 Å². The molecule has 1 spiro atoms. The average molecular weight is 331 g/mol. The van der Waals surface area contributed by atoms with Gasteiger partial charge in [0.05, 0.1) is 12.0 Å². The molecule has 0 saturated carbocycles. The molecular formula is C13H15ClN2O4S. The van der Waals surface area contributed by atoms with E-state index in [0.717, 1.165) is 0 Å². The molecule has 2 N–H and O–H groups in total. The minimum Gasteiger partial charge on any atom is -0.486 e. The lowest BCUT2D eigenvalue weighted by atomic mass is 9.83. The molecule has 114 valence electrons. The number of benzene rings is 1. The third kappa shape index (κ3) is 2.78. The maximum absolute atomic E-state index is 12.3. The first-order valence-corrected chi connectivity index (χ1v) is 8.47. The highest BCUT2D eigenvalue weighted by Gasteiger charge is 2.44. The number of carbonyl (C=O) groups excluding carboxylic acids is 1. The summed E-state index contributed by atoms with van der Waals surface area (Å²) in [5, 5.41) is 5.62. The number of ketones is 1. The monoisotopic (exact) mass is 330 g/mol. The summed E-state index contributed by atoms with van der Waals surface area (Å²) in [5.41, 5.74) is -0.152. The first-order chi connectivity index (χ1) is 9.79. The zero-order valence-electron chi connectivity index (χ0n) is 11.2. The fourth-order valence-corrected chi connectivity index (χ4v) is 3.76. The van der Waals surface area contributed by atoms with Crippen molar-refractivity contribution in [3.8, 4) is 5.75 Å². The predicted octanol–water partition coefficient (Wildman–Crippen LogP) is 1.34. The van der Waals surface area contributed by atoms with E-state index in [4.69, 9.17) is 21.5 Å². The number of fused-ring (bicyclic) bond motifs is 1. The summed E-state index contributed by atoms with van der Waals surface area (Å²) < 4.78 is 29.9. The maximum Gasteiger partial charge on any atom is 0.276 e. The predicted molar refractivity (Wildman–Crippen MR) is 77.7 cm³/mol. The molecule has 6 nitrogen and oxygen atoms in total. The van der Waals surface area contributed by atoms with Crippen LogP contribution in [0.1, 0.15) is 29.6 Å². The van der Waals surface area contributed by atoms with Gasteiger partial charge in [0.25, 0.3) is 10.2 Å². The molecule has 0 aromatic heterocycles. The van der Waals surface area contributed by atoms with Gasteiger partial charge in [0, 0.05) is 31.0 Å². The molecule has 0 aliphatic carbocycles. The number of nitrogens with two attached hydrogens (primary N) is 1. The molecule has 1 aromatic rings. The molecule has 0 bridgehead atoms. The molecule has 1 fully saturated rings. The Morgan fingerprint density at radius 2 is 1.95 bits per heavy atom. The van der Waals surface area contributed by atoms with Crippen LogP contribution in [-0.2, 0) is 10.2 Å². The van der Waals surface area contributed by atoms with Crippen molar-refractivity contribution in [2.45, 2.75) is 24.9 Å². The third-order valence-electron chi connectivity index (χ3n) is 4.04. The first kappa shape index (κ1) is 14.8. The molecular weight excluding hydrogens is 316 g/mol.